The molecule has 25 heavy (non-hydrogen) atoms. The first-order valence-electron chi connectivity index (χ1n) is 9.07. The molecule has 1 aromatic carbocycles. The van der Waals surface area contributed by atoms with E-state index in [9.17, 15) is 4.39 Å². The standard InChI is InChI=1S/C19H21ClFN3O/c20-15-2-1-3-16(21)19(15)24-17(14(9-23-24)11-4-5-11)10-25-18-7-13-6-12(18)8-22-13/h1-3,9,11-13,18,22H,4-8,10H2/t12-,13-,18+/m0/s1. The molecule has 3 fully saturated rings. The normalized spacial score (nSPS) is 28.0. The fourth-order valence-electron chi connectivity index (χ4n) is 4.33. The van der Waals surface area contributed by atoms with Crippen LogP contribution < -0.4 is 5.32 Å². The van der Waals surface area contributed by atoms with Crippen molar-refractivity contribution in [2.75, 3.05) is 6.54 Å². The Morgan fingerprint density at radius 3 is 2.88 bits per heavy atom. The molecule has 132 valence electrons. The van der Waals surface area contributed by atoms with E-state index in [0.29, 0.717) is 35.2 Å². The van der Waals surface area contributed by atoms with E-state index < -0.39 is 0 Å². The Labute approximate surface area is 151 Å². The van der Waals surface area contributed by atoms with Gasteiger partial charge in [0.25, 0.3) is 0 Å². The van der Waals surface area contributed by atoms with Crippen LogP contribution >= 0.6 is 11.6 Å². The van der Waals surface area contributed by atoms with E-state index in [-0.39, 0.29) is 11.9 Å². The number of piperidine rings is 1. The van der Waals surface area contributed by atoms with Crippen molar-refractivity contribution < 1.29 is 9.13 Å². The molecule has 0 spiro atoms. The predicted molar refractivity (Wildman–Crippen MR) is 93.6 cm³/mol. The first-order chi connectivity index (χ1) is 12.2. The number of ether oxygens (including phenoxy) is 1. The van der Waals surface area contributed by atoms with Gasteiger partial charge in [-0.2, -0.15) is 5.10 Å². The maximum atomic E-state index is 14.4. The van der Waals surface area contributed by atoms with Gasteiger partial charge in [-0.15, -0.1) is 0 Å². The molecule has 2 saturated carbocycles. The minimum atomic E-state index is -0.358. The summed E-state index contributed by atoms with van der Waals surface area (Å²) < 4.78 is 22.3. The van der Waals surface area contributed by atoms with Gasteiger partial charge in [0.1, 0.15) is 11.5 Å². The third kappa shape index (κ3) is 2.78. The summed E-state index contributed by atoms with van der Waals surface area (Å²) in [6, 6.07) is 5.34. The number of benzene rings is 1. The maximum Gasteiger partial charge on any atom is 0.150 e. The molecule has 6 heteroatoms. The Balaban J connectivity index is 1.46. The number of hydrogen-bond donors (Lipinski definition) is 1. The molecule has 0 amide bonds. The quantitative estimate of drug-likeness (QED) is 0.880. The number of para-hydroxylation sites is 1. The molecule has 2 aliphatic carbocycles. The van der Waals surface area contributed by atoms with Crippen molar-refractivity contribution in [1.82, 2.24) is 15.1 Å². The minimum absolute atomic E-state index is 0.290. The Morgan fingerprint density at radius 2 is 2.20 bits per heavy atom. The Hall–Kier alpha value is -1.43. The van der Waals surface area contributed by atoms with Crippen LogP contribution in [0.3, 0.4) is 0 Å². The summed E-state index contributed by atoms with van der Waals surface area (Å²) in [5, 5.41) is 8.34. The van der Waals surface area contributed by atoms with Gasteiger partial charge in [-0.3, -0.25) is 0 Å². The van der Waals surface area contributed by atoms with Crippen LogP contribution in [0.25, 0.3) is 5.69 Å². The second kappa shape index (κ2) is 6.08. The maximum absolute atomic E-state index is 14.4. The van der Waals surface area contributed by atoms with E-state index in [1.165, 1.54) is 30.9 Å². The van der Waals surface area contributed by atoms with E-state index in [0.717, 1.165) is 18.7 Å². The van der Waals surface area contributed by atoms with Crippen molar-refractivity contribution >= 4 is 11.6 Å². The van der Waals surface area contributed by atoms with Gasteiger partial charge in [0, 0.05) is 12.6 Å². The lowest BCUT2D eigenvalue weighted by Gasteiger charge is -2.23. The van der Waals surface area contributed by atoms with Crippen molar-refractivity contribution in [1.29, 1.82) is 0 Å². The molecule has 2 aromatic rings. The summed E-state index contributed by atoms with van der Waals surface area (Å²) in [4.78, 5) is 0. The second-order valence-electron chi connectivity index (χ2n) is 7.49. The van der Waals surface area contributed by atoms with Crippen LogP contribution in [0.2, 0.25) is 5.02 Å². The zero-order valence-electron chi connectivity index (χ0n) is 13.9. The smallest absolute Gasteiger partial charge is 0.150 e. The topological polar surface area (TPSA) is 39.1 Å². The van der Waals surface area contributed by atoms with E-state index in [4.69, 9.17) is 16.3 Å². The molecule has 1 saturated heterocycles. The van der Waals surface area contributed by atoms with Crippen LogP contribution in [0.4, 0.5) is 4.39 Å². The van der Waals surface area contributed by atoms with Gasteiger partial charge in [0.15, 0.2) is 0 Å². The molecular weight excluding hydrogens is 341 g/mol. The third-order valence-electron chi connectivity index (χ3n) is 5.80. The largest absolute Gasteiger partial charge is 0.372 e. The fourth-order valence-corrected chi connectivity index (χ4v) is 4.57. The lowest BCUT2D eigenvalue weighted by atomic mass is 10.1. The molecule has 5 rings (SSSR count). The molecule has 1 aliphatic heterocycles. The highest BCUT2D eigenvalue weighted by Crippen LogP contribution is 2.43. The summed E-state index contributed by atoms with van der Waals surface area (Å²) in [5.41, 5.74) is 2.45. The van der Waals surface area contributed by atoms with Crippen molar-refractivity contribution in [2.24, 2.45) is 5.92 Å². The van der Waals surface area contributed by atoms with Crippen molar-refractivity contribution in [3.05, 3.63) is 46.5 Å². The molecular formula is C19H21ClFN3O. The van der Waals surface area contributed by atoms with Crippen LogP contribution in [0.1, 0.15) is 42.9 Å². The number of rotatable bonds is 5. The summed E-state index contributed by atoms with van der Waals surface area (Å²) in [6.07, 6.45) is 6.76. The van der Waals surface area contributed by atoms with Gasteiger partial charge in [0.05, 0.1) is 29.6 Å². The summed E-state index contributed by atoms with van der Waals surface area (Å²) in [5.74, 6) is 0.769. The highest BCUT2D eigenvalue weighted by atomic mass is 35.5. The van der Waals surface area contributed by atoms with Crippen LogP contribution in [0, 0.1) is 11.7 Å². The van der Waals surface area contributed by atoms with E-state index >= 15 is 0 Å². The van der Waals surface area contributed by atoms with Gasteiger partial charge in [-0.05, 0) is 55.2 Å². The van der Waals surface area contributed by atoms with Gasteiger partial charge < -0.3 is 10.1 Å². The van der Waals surface area contributed by atoms with Crippen molar-refractivity contribution in [2.45, 2.75) is 50.4 Å². The Bertz CT molecular complexity index is 784. The molecule has 2 heterocycles. The van der Waals surface area contributed by atoms with E-state index in [1.807, 2.05) is 6.20 Å². The molecule has 0 radical (unpaired) electrons. The second-order valence-corrected chi connectivity index (χ2v) is 7.90. The first-order valence-corrected chi connectivity index (χ1v) is 9.44. The number of hydrogen-bond acceptors (Lipinski definition) is 3. The zero-order valence-corrected chi connectivity index (χ0v) is 14.7. The SMILES string of the molecule is Fc1cccc(Cl)c1-n1ncc(C2CC2)c1CO[C@@H]1C[C@@H]2C[C@H]1CN2. The third-order valence-corrected chi connectivity index (χ3v) is 6.11. The molecule has 0 unspecified atom stereocenters. The van der Waals surface area contributed by atoms with Crippen molar-refractivity contribution in [3.63, 3.8) is 0 Å². The highest BCUT2D eigenvalue weighted by molar-refractivity contribution is 6.32. The van der Waals surface area contributed by atoms with Gasteiger partial charge >= 0.3 is 0 Å². The monoisotopic (exact) mass is 361 g/mol. The molecule has 1 N–H and O–H groups in total. The van der Waals surface area contributed by atoms with Crippen LogP contribution in [-0.2, 0) is 11.3 Å². The van der Waals surface area contributed by atoms with Gasteiger partial charge in [0.2, 0.25) is 0 Å². The van der Waals surface area contributed by atoms with Gasteiger partial charge in [-0.1, -0.05) is 17.7 Å². The van der Waals surface area contributed by atoms with Crippen LogP contribution in [0.5, 0.6) is 0 Å². The molecule has 1 aromatic heterocycles. The Kier molecular flexibility index (Phi) is 3.84. The molecule has 3 atom stereocenters. The summed E-state index contributed by atoms with van der Waals surface area (Å²) in [7, 11) is 0. The number of nitrogens with one attached hydrogen (secondary N) is 1. The molecule has 3 aliphatic rings. The number of fused-ring (bicyclic) bond motifs is 2. The van der Waals surface area contributed by atoms with Crippen molar-refractivity contribution in [3.8, 4) is 5.69 Å². The van der Waals surface area contributed by atoms with Crippen LogP contribution in [0.15, 0.2) is 24.4 Å². The lowest BCUT2D eigenvalue weighted by Crippen LogP contribution is -2.34. The van der Waals surface area contributed by atoms with E-state index in [1.54, 1.807) is 16.8 Å². The predicted octanol–water partition coefficient (Wildman–Crippen LogP) is 3.81. The van der Waals surface area contributed by atoms with Crippen LogP contribution in [-0.4, -0.2) is 28.5 Å². The average Bonchev–Trinajstić information content (AvgIpc) is 3.03. The number of halogens is 2. The Morgan fingerprint density at radius 1 is 1.32 bits per heavy atom. The minimum Gasteiger partial charge on any atom is -0.372 e. The highest BCUT2D eigenvalue weighted by Gasteiger charge is 2.40. The zero-order chi connectivity index (χ0) is 17.0. The number of nitrogens with zero attached hydrogens (tertiary/aromatic N) is 2. The summed E-state index contributed by atoms with van der Waals surface area (Å²) >= 11 is 6.27. The summed E-state index contributed by atoms with van der Waals surface area (Å²) in [6.45, 7) is 1.51. The molecule has 4 nitrogen and oxygen atoms in total. The van der Waals surface area contributed by atoms with Gasteiger partial charge in [-0.25, -0.2) is 9.07 Å². The number of aromatic nitrogens is 2. The molecule has 2 bridgehead atoms. The first kappa shape index (κ1) is 15.8. The average molecular weight is 362 g/mol. The van der Waals surface area contributed by atoms with E-state index in [2.05, 4.69) is 10.4 Å². The fraction of sp³-hybridized carbons (Fsp3) is 0.526. The lowest BCUT2D eigenvalue weighted by molar-refractivity contribution is 0.00684.